The predicted octanol–water partition coefficient (Wildman–Crippen LogP) is 2.73. The number of amides is 1. The van der Waals surface area contributed by atoms with Crippen LogP contribution in [0, 0.1) is 5.92 Å². The van der Waals surface area contributed by atoms with Crippen LogP contribution in [0.25, 0.3) is 0 Å². The molecule has 0 aliphatic carbocycles. The number of aromatic nitrogens is 1. The van der Waals surface area contributed by atoms with E-state index < -0.39 is 0 Å². The Bertz CT molecular complexity index is 558. The van der Waals surface area contributed by atoms with Crippen molar-refractivity contribution >= 4 is 5.91 Å². The van der Waals surface area contributed by atoms with E-state index >= 15 is 0 Å². The molecule has 25 heavy (non-hydrogen) atoms. The molecule has 3 rings (SSSR count). The highest BCUT2D eigenvalue weighted by Crippen LogP contribution is 2.31. The Balaban J connectivity index is 1.52. The van der Waals surface area contributed by atoms with Crippen LogP contribution in [0.2, 0.25) is 0 Å². The minimum atomic E-state index is 0.214. The lowest BCUT2D eigenvalue weighted by Crippen LogP contribution is -2.51. The lowest BCUT2D eigenvalue weighted by Gasteiger charge is -2.45. The van der Waals surface area contributed by atoms with Crippen LogP contribution in [-0.4, -0.2) is 60.2 Å². The summed E-state index contributed by atoms with van der Waals surface area (Å²) in [6.45, 7) is 6.25. The number of fused-ring (bicyclic) bond motifs is 1. The van der Waals surface area contributed by atoms with Gasteiger partial charge in [-0.3, -0.25) is 4.79 Å². The van der Waals surface area contributed by atoms with Crippen molar-refractivity contribution in [3.8, 4) is 5.88 Å². The number of carbonyl (C=O) groups is 1. The average molecular weight is 349 g/mol. The Morgan fingerprint density at radius 2 is 2.20 bits per heavy atom. The van der Waals surface area contributed by atoms with E-state index in [0.29, 0.717) is 36.4 Å². The zero-order chi connectivity index (χ0) is 17.6. The molecule has 2 aliphatic rings. The molecule has 0 spiro atoms. The van der Waals surface area contributed by atoms with Gasteiger partial charge in [-0.2, -0.15) is 0 Å². The molecule has 0 N–H and O–H groups in total. The second kappa shape index (κ2) is 8.70. The number of piperidine rings is 2. The quantitative estimate of drug-likeness (QED) is 0.757. The fraction of sp³-hybridized carbons (Fsp3) is 0.789. The molecule has 1 aromatic rings. The number of ether oxygens (including phenoxy) is 1. The second-order valence-corrected chi connectivity index (χ2v) is 7.27. The summed E-state index contributed by atoms with van der Waals surface area (Å²) in [4.78, 5) is 17.4. The first kappa shape index (κ1) is 18.2. The van der Waals surface area contributed by atoms with E-state index in [1.54, 1.807) is 13.2 Å². The monoisotopic (exact) mass is 349 g/mol. The van der Waals surface area contributed by atoms with E-state index in [4.69, 9.17) is 9.26 Å². The van der Waals surface area contributed by atoms with E-state index in [1.807, 2.05) is 4.90 Å². The summed E-state index contributed by atoms with van der Waals surface area (Å²) in [5, 5.41) is 3.79. The minimum Gasteiger partial charge on any atom is -0.479 e. The van der Waals surface area contributed by atoms with E-state index in [1.165, 1.54) is 45.2 Å². The number of hydrogen-bond donors (Lipinski definition) is 0. The maximum Gasteiger partial charge on any atom is 0.254 e. The molecule has 3 heterocycles. The van der Waals surface area contributed by atoms with E-state index in [2.05, 4.69) is 17.0 Å². The molecule has 1 amide bonds. The van der Waals surface area contributed by atoms with E-state index in [-0.39, 0.29) is 5.91 Å². The molecule has 1 aromatic heterocycles. The van der Waals surface area contributed by atoms with Gasteiger partial charge >= 0.3 is 0 Å². The number of carbonyl (C=O) groups excluding carboxylic acids is 1. The van der Waals surface area contributed by atoms with Crippen molar-refractivity contribution in [2.75, 3.05) is 33.3 Å². The molecule has 2 fully saturated rings. The Hall–Kier alpha value is -1.56. The second-order valence-electron chi connectivity index (χ2n) is 7.27. The van der Waals surface area contributed by atoms with Gasteiger partial charge in [0.25, 0.3) is 5.88 Å². The minimum absolute atomic E-state index is 0.214. The van der Waals surface area contributed by atoms with Crippen LogP contribution in [0.3, 0.4) is 0 Å². The Kier molecular flexibility index (Phi) is 6.34. The lowest BCUT2D eigenvalue weighted by molar-refractivity contribution is -0.132. The maximum atomic E-state index is 12.7. The summed E-state index contributed by atoms with van der Waals surface area (Å²) < 4.78 is 10.2. The molecule has 2 saturated heterocycles. The third-order valence-electron chi connectivity index (χ3n) is 5.75. The highest BCUT2D eigenvalue weighted by Gasteiger charge is 2.34. The third-order valence-corrected chi connectivity index (χ3v) is 5.75. The molecule has 0 radical (unpaired) electrons. The standard InChI is InChI=1S/C19H31N3O3/c1-3-21(19(23)10-9-16-13-18(24-2)20-25-16)14-15-7-6-12-22-11-5-4-8-17(15)22/h13,15,17H,3-12,14H2,1-2H3/t15-,17+/m0/s1. The van der Waals surface area contributed by atoms with Crippen molar-refractivity contribution < 1.29 is 14.1 Å². The van der Waals surface area contributed by atoms with Crippen molar-refractivity contribution in [2.45, 2.75) is 57.9 Å². The fourth-order valence-corrected chi connectivity index (χ4v) is 4.38. The number of aryl methyl sites for hydroxylation is 1. The Morgan fingerprint density at radius 1 is 1.36 bits per heavy atom. The van der Waals surface area contributed by atoms with Gasteiger partial charge in [-0.25, -0.2) is 0 Å². The van der Waals surface area contributed by atoms with Crippen molar-refractivity contribution in [3.05, 3.63) is 11.8 Å². The van der Waals surface area contributed by atoms with E-state index in [9.17, 15) is 4.79 Å². The van der Waals surface area contributed by atoms with Gasteiger partial charge in [-0.15, -0.1) is 0 Å². The number of methoxy groups -OCH3 is 1. The van der Waals surface area contributed by atoms with Gasteiger partial charge in [0.2, 0.25) is 5.91 Å². The van der Waals surface area contributed by atoms with Crippen molar-refractivity contribution in [2.24, 2.45) is 5.92 Å². The number of hydrogen-bond acceptors (Lipinski definition) is 5. The van der Waals surface area contributed by atoms with Gasteiger partial charge in [0, 0.05) is 38.0 Å². The fourth-order valence-electron chi connectivity index (χ4n) is 4.38. The summed E-state index contributed by atoms with van der Waals surface area (Å²) in [6.07, 6.45) is 7.54. The smallest absolute Gasteiger partial charge is 0.254 e. The summed E-state index contributed by atoms with van der Waals surface area (Å²) >= 11 is 0. The Morgan fingerprint density at radius 3 is 2.96 bits per heavy atom. The largest absolute Gasteiger partial charge is 0.479 e. The van der Waals surface area contributed by atoms with Gasteiger partial charge in [-0.1, -0.05) is 6.42 Å². The van der Waals surface area contributed by atoms with Crippen LogP contribution < -0.4 is 4.74 Å². The molecular weight excluding hydrogens is 318 g/mol. The van der Waals surface area contributed by atoms with Crippen molar-refractivity contribution in [1.29, 1.82) is 0 Å². The average Bonchev–Trinajstić information content (AvgIpc) is 3.12. The molecule has 0 bridgehead atoms. The van der Waals surface area contributed by atoms with Gasteiger partial charge in [0.05, 0.1) is 7.11 Å². The summed E-state index contributed by atoms with van der Waals surface area (Å²) in [5.41, 5.74) is 0. The molecule has 6 nitrogen and oxygen atoms in total. The molecule has 2 atom stereocenters. The van der Waals surface area contributed by atoms with Crippen LogP contribution in [0.5, 0.6) is 5.88 Å². The maximum absolute atomic E-state index is 12.7. The zero-order valence-corrected chi connectivity index (χ0v) is 15.6. The van der Waals surface area contributed by atoms with Gasteiger partial charge < -0.3 is 19.1 Å². The van der Waals surface area contributed by atoms with Gasteiger partial charge in [0.15, 0.2) is 0 Å². The highest BCUT2D eigenvalue weighted by molar-refractivity contribution is 5.76. The lowest BCUT2D eigenvalue weighted by atomic mass is 9.83. The summed E-state index contributed by atoms with van der Waals surface area (Å²) in [5.74, 6) is 2.01. The Labute approximate surface area is 150 Å². The normalized spacial score (nSPS) is 23.9. The van der Waals surface area contributed by atoms with Crippen LogP contribution >= 0.6 is 0 Å². The first-order valence-electron chi connectivity index (χ1n) is 9.72. The van der Waals surface area contributed by atoms with Crippen LogP contribution in [0.15, 0.2) is 10.6 Å². The molecule has 140 valence electrons. The molecule has 0 saturated carbocycles. The predicted molar refractivity (Wildman–Crippen MR) is 95.6 cm³/mol. The number of nitrogens with zero attached hydrogens (tertiary/aromatic N) is 3. The SMILES string of the molecule is CCN(C[C@@H]1CCCN2CCCC[C@H]12)C(=O)CCc1cc(OC)no1. The van der Waals surface area contributed by atoms with Crippen LogP contribution in [0.4, 0.5) is 0 Å². The van der Waals surface area contributed by atoms with Gasteiger partial charge in [-0.05, 0) is 56.8 Å². The highest BCUT2D eigenvalue weighted by atomic mass is 16.5. The van der Waals surface area contributed by atoms with Crippen LogP contribution in [-0.2, 0) is 11.2 Å². The summed E-state index contributed by atoms with van der Waals surface area (Å²) in [6, 6.07) is 2.44. The summed E-state index contributed by atoms with van der Waals surface area (Å²) in [7, 11) is 1.56. The van der Waals surface area contributed by atoms with Crippen LogP contribution in [0.1, 0.15) is 51.2 Å². The molecular formula is C19H31N3O3. The van der Waals surface area contributed by atoms with Crippen molar-refractivity contribution in [3.63, 3.8) is 0 Å². The topological polar surface area (TPSA) is 58.8 Å². The first-order valence-corrected chi connectivity index (χ1v) is 9.72. The zero-order valence-electron chi connectivity index (χ0n) is 15.6. The molecule has 2 aliphatic heterocycles. The van der Waals surface area contributed by atoms with Crippen molar-refractivity contribution in [1.82, 2.24) is 15.0 Å². The van der Waals surface area contributed by atoms with E-state index in [0.717, 1.165) is 13.1 Å². The molecule has 6 heteroatoms. The molecule has 0 aromatic carbocycles. The molecule has 0 unspecified atom stereocenters. The first-order chi connectivity index (χ1) is 12.2. The number of rotatable bonds is 7. The third kappa shape index (κ3) is 4.54. The van der Waals surface area contributed by atoms with Gasteiger partial charge in [0.1, 0.15) is 5.76 Å².